The van der Waals surface area contributed by atoms with Crippen molar-refractivity contribution in [3.05, 3.63) is 29.3 Å². The third kappa shape index (κ3) is 9.06. The topological polar surface area (TPSA) is 298 Å². The first kappa shape index (κ1) is 34.6. The molecule has 2 aliphatic rings. The van der Waals surface area contributed by atoms with Crippen molar-refractivity contribution in [1.82, 2.24) is 0 Å². The van der Waals surface area contributed by atoms with Crippen LogP contribution in [0.25, 0.3) is 0 Å². The molecule has 41 heavy (non-hydrogen) atoms. The minimum Gasteiger partial charge on any atom is -0.496 e. The van der Waals surface area contributed by atoms with Gasteiger partial charge in [0, 0.05) is 5.56 Å². The van der Waals surface area contributed by atoms with E-state index in [1.54, 1.807) is 19.1 Å². The normalized spacial score (nSPS) is 33.2. The van der Waals surface area contributed by atoms with E-state index in [2.05, 4.69) is 9.05 Å². The highest BCUT2D eigenvalue weighted by molar-refractivity contribution is 7.46. The van der Waals surface area contributed by atoms with Gasteiger partial charge in [-0.2, -0.15) is 0 Å². The lowest BCUT2D eigenvalue weighted by Gasteiger charge is -2.44. The molecule has 0 aliphatic carbocycles. The molecule has 0 saturated carbocycles. The van der Waals surface area contributed by atoms with E-state index in [9.17, 15) is 58.4 Å². The van der Waals surface area contributed by atoms with Gasteiger partial charge in [-0.25, -0.2) is 13.7 Å². The molecular formula is C19H31O19P3. The van der Waals surface area contributed by atoms with Gasteiger partial charge in [0.05, 0.1) is 20.3 Å². The quantitative estimate of drug-likeness (QED) is 0.114. The standard InChI is InChI=1S/C19H31O19P3/c1-8-3-4-10(32-2)9(5-8)14-18(38-41(29,30)31)15(11(6-20)33-14)35-19-13(22)17(37-40(26,27)28)16(12(7-21)34-19)36-39(23,24)25/h3-5,11-22H,6-7H2,1-2H3,(H2,23,24,25)(H2,26,27,28)(H2,29,30,31)/t11-,12-,13-,14+,15-,16-,17-,18+,19-/m1/s1. The summed E-state index contributed by atoms with van der Waals surface area (Å²) in [6, 6.07) is 4.76. The van der Waals surface area contributed by atoms with Gasteiger partial charge in [0.2, 0.25) is 0 Å². The van der Waals surface area contributed by atoms with Gasteiger partial charge in [0.25, 0.3) is 0 Å². The third-order valence-electron chi connectivity index (χ3n) is 6.04. The van der Waals surface area contributed by atoms with Gasteiger partial charge in [0.1, 0.15) is 54.6 Å². The lowest BCUT2D eigenvalue weighted by Crippen LogP contribution is -2.61. The molecule has 22 heteroatoms. The van der Waals surface area contributed by atoms with E-state index in [1.165, 1.54) is 13.2 Å². The second-order valence-corrected chi connectivity index (χ2v) is 12.6. The van der Waals surface area contributed by atoms with Crippen molar-refractivity contribution >= 4 is 23.5 Å². The van der Waals surface area contributed by atoms with Crippen molar-refractivity contribution in [2.45, 2.75) is 62.0 Å². The molecule has 0 unspecified atom stereocenters. The van der Waals surface area contributed by atoms with E-state index in [0.29, 0.717) is 5.56 Å². The van der Waals surface area contributed by atoms with Crippen LogP contribution >= 0.6 is 23.5 Å². The molecule has 9 N–H and O–H groups in total. The summed E-state index contributed by atoms with van der Waals surface area (Å²) in [5, 5.41) is 30.6. The van der Waals surface area contributed by atoms with Gasteiger partial charge in [-0.1, -0.05) is 11.6 Å². The summed E-state index contributed by atoms with van der Waals surface area (Å²) in [7, 11) is -14.9. The minimum atomic E-state index is -5.49. The van der Waals surface area contributed by atoms with Crippen molar-refractivity contribution < 1.29 is 90.9 Å². The van der Waals surface area contributed by atoms with Gasteiger partial charge in [-0.15, -0.1) is 0 Å². The molecule has 0 spiro atoms. The monoisotopic (exact) mass is 656 g/mol. The Morgan fingerprint density at radius 3 is 1.80 bits per heavy atom. The van der Waals surface area contributed by atoms with Crippen LogP contribution in [0.15, 0.2) is 18.2 Å². The molecule has 19 nitrogen and oxygen atoms in total. The van der Waals surface area contributed by atoms with Crippen LogP contribution in [0.5, 0.6) is 5.75 Å². The number of aryl methyl sites for hydroxylation is 1. The maximum Gasteiger partial charge on any atom is 0.470 e. The second kappa shape index (κ2) is 13.4. The highest BCUT2D eigenvalue weighted by Crippen LogP contribution is 2.50. The van der Waals surface area contributed by atoms with Crippen molar-refractivity contribution in [3.63, 3.8) is 0 Å². The van der Waals surface area contributed by atoms with Gasteiger partial charge in [0.15, 0.2) is 6.29 Å². The smallest absolute Gasteiger partial charge is 0.470 e. The van der Waals surface area contributed by atoms with E-state index in [4.69, 9.17) is 23.5 Å². The van der Waals surface area contributed by atoms with Crippen molar-refractivity contribution in [3.8, 4) is 5.75 Å². The van der Waals surface area contributed by atoms with Crippen molar-refractivity contribution in [2.24, 2.45) is 0 Å². The van der Waals surface area contributed by atoms with Crippen molar-refractivity contribution in [2.75, 3.05) is 20.3 Å². The summed E-state index contributed by atoms with van der Waals surface area (Å²) in [5.74, 6) is 0.207. The Bertz CT molecular complexity index is 1180. The lowest BCUT2D eigenvalue weighted by molar-refractivity contribution is -0.313. The molecule has 2 fully saturated rings. The molecule has 2 heterocycles. The summed E-state index contributed by atoms with van der Waals surface area (Å²) < 4.78 is 71.0. The Morgan fingerprint density at radius 2 is 1.29 bits per heavy atom. The number of aliphatic hydroxyl groups is 3. The van der Waals surface area contributed by atoms with Gasteiger partial charge < -0.3 is 63.6 Å². The Hall–Kier alpha value is -0.890. The number of hydrogen-bond acceptors (Lipinski definition) is 13. The van der Waals surface area contributed by atoms with E-state index in [-0.39, 0.29) is 11.3 Å². The highest BCUT2D eigenvalue weighted by atomic mass is 31.2. The summed E-state index contributed by atoms with van der Waals surface area (Å²) in [6.07, 6.45) is -16.9. The fraction of sp³-hybridized carbons (Fsp3) is 0.684. The number of hydrogen-bond donors (Lipinski definition) is 9. The number of aliphatic hydroxyl groups excluding tert-OH is 3. The predicted molar refractivity (Wildman–Crippen MR) is 130 cm³/mol. The molecule has 2 saturated heterocycles. The molecule has 0 amide bonds. The molecule has 2 aliphatic heterocycles. The number of rotatable bonds is 12. The van der Waals surface area contributed by atoms with E-state index >= 15 is 0 Å². The highest BCUT2D eigenvalue weighted by Gasteiger charge is 2.56. The van der Waals surface area contributed by atoms with Gasteiger partial charge >= 0.3 is 23.5 Å². The van der Waals surface area contributed by atoms with Gasteiger partial charge in [-0.05, 0) is 19.1 Å². The zero-order valence-corrected chi connectivity index (χ0v) is 24.0. The second-order valence-electron chi connectivity index (χ2n) is 9.02. The number of methoxy groups -OCH3 is 1. The van der Waals surface area contributed by atoms with Crippen LogP contribution < -0.4 is 4.74 Å². The Morgan fingerprint density at radius 1 is 0.780 bits per heavy atom. The Kier molecular flexibility index (Phi) is 11.3. The largest absolute Gasteiger partial charge is 0.496 e. The fourth-order valence-electron chi connectivity index (χ4n) is 4.51. The minimum absolute atomic E-state index is 0.207. The zero-order valence-electron chi connectivity index (χ0n) is 21.3. The Labute approximate surface area is 232 Å². The third-order valence-corrected chi connectivity index (χ3v) is 7.60. The van der Waals surface area contributed by atoms with E-state index < -0.39 is 91.8 Å². The van der Waals surface area contributed by atoms with Crippen LogP contribution in [0.4, 0.5) is 0 Å². The van der Waals surface area contributed by atoms with Crippen LogP contribution in [0.3, 0.4) is 0 Å². The first-order valence-electron chi connectivity index (χ1n) is 11.6. The average Bonchev–Trinajstić information content (AvgIpc) is 3.16. The molecule has 1 aromatic carbocycles. The number of benzene rings is 1. The summed E-state index contributed by atoms with van der Waals surface area (Å²) >= 11 is 0. The summed E-state index contributed by atoms with van der Waals surface area (Å²) in [5.41, 5.74) is 0.904. The molecule has 1 aromatic rings. The van der Waals surface area contributed by atoms with E-state index in [0.717, 1.165) is 0 Å². The number of phosphoric ester groups is 3. The van der Waals surface area contributed by atoms with E-state index in [1.807, 2.05) is 0 Å². The summed E-state index contributed by atoms with van der Waals surface area (Å²) in [4.78, 5) is 56.4. The predicted octanol–water partition coefficient (Wildman–Crippen LogP) is -1.67. The molecule has 0 radical (unpaired) electrons. The maximum atomic E-state index is 11.9. The molecule has 0 bridgehead atoms. The zero-order chi connectivity index (χ0) is 30.9. The first-order valence-corrected chi connectivity index (χ1v) is 16.2. The number of ether oxygens (including phenoxy) is 4. The molecule has 9 atom stereocenters. The van der Waals surface area contributed by atoms with Crippen LogP contribution in [0, 0.1) is 6.92 Å². The van der Waals surface area contributed by atoms with Crippen LogP contribution in [-0.2, 0) is 41.5 Å². The average molecular weight is 656 g/mol. The van der Waals surface area contributed by atoms with Gasteiger partial charge in [-0.3, -0.25) is 13.6 Å². The summed E-state index contributed by atoms with van der Waals surface area (Å²) in [6.45, 7) is -0.240. The molecule has 236 valence electrons. The molecule has 0 aromatic heterocycles. The maximum absolute atomic E-state index is 11.9. The molecular weight excluding hydrogens is 625 g/mol. The van der Waals surface area contributed by atoms with Crippen LogP contribution in [0.2, 0.25) is 0 Å². The Balaban J connectivity index is 2.02. The van der Waals surface area contributed by atoms with Crippen LogP contribution in [-0.4, -0.2) is 114 Å². The van der Waals surface area contributed by atoms with Crippen molar-refractivity contribution in [1.29, 1.82) is 0 Å². The number of phosphoric acid groups is 3. The first-order chi connectivity index (χ1) is 18.9. The lowest BCUT2D eigenvalue weighted by atomic mass is 9.97. The van der Waals surface area contributed by atoms with Crippen LogP contribution in [0.1, 0.15) is 17.2 Å². The SMILES string of the molecule is COc1ccc(C)cc1[C@@H]1O[C@H](CO)[C@@H](O[C@H]2O[C@H](CO)[C@@H](OP(=O)(O)O)[C@H](OP(=O)(O)O)[C@H]2O)[C@H]1OP(=O)(O)O. The molecule has 3 rings (SSSR count). The fourth-order valence-corrected chi connectivity index (χ4v) is 6.19.